The summed E-state index contributed by atoms with van der Waals surface area (Å²) < 4.78 is 83.3. The zero-order valence-electron chi connectivity index (χ0n) is 29.6. The third-order valence-corrected chi connectivity index (χ3v) is 6.42. The van der Waals surface area contributed by atoms with E-state index in [0.717, 1.165) is 4.47 Å². The van der Waals surface area contributed by atoms with Crippen LogP contribution in [0.3, 0.4) is 0 Å². The van der Waals surface area contributed by atoms with E-state index in [1.54, 1.807) is 21.3 Å². The minimum Gasteiger partial charge on any atom is -0.487 e. The van der Waals surface area contributed by atoms with Crippen molar-refractivity contribution in [1.29, 1.82) is 0 Å². The fourth-order valence-corrected chi connectivity index (χ4v) is 3.99. The van der Waals surface area contributed by atoms with Gasteiger partial charge in [-0.15, -0.1) is 0 Å². The first-order valence-electron chi connectivity index (χ1n) is 16.6. The number of halogens is 1. The Bertz CT molecular complexity index is 790. The lowest BCUT2D eigenvalue weighted by molar-refractivity contribution is -0.00160. The molecule has 288 valence electrons. The van der Waals surface area contributed by atoms with E-state index in [1.807, 2.05) is 12.1 Å². The van der Waals surface area contributed by atoms with Gasteiger partial charge in [0.05, 0.1) is 139 Å². The SMILES string of the molecule is COCCOCCOCCOCCOc1cc(Br)cc(OCCOCCOCCOCCOC)c1OCCOCCOCCOCCOC. The van der Waals surface area contributed by atoms with E-state index in [2.05, 4.69) is 15.9 Å². The lowest BCUT2D eigenvalue weighted by Crippen LogP contribution is -2.16. The van der Waals surface area contributed by atoms with E-state index in [4.69, 9.17) is 71.1 Å². The van der Waals surface area contributed by atoms with Gasteiger partial charge in [0.2, 0.25) is 5.75 Å². The van der Waals surface area contributed by atoms with Crippen LogP contribution in [0.25, 0.3) is 0 Å². The van der Waals surface area contributed by atoms with Crippen molar-refractivity contribution in [2.24, 2.45) is 0 Å². The van der Waals surface area contributed by atoms with Gasteiger partial charge in [-0.2, -0.15) is 0 Å². The van der Waals surface area contributed by atoms with Crippen LogP contribution in [0.5, 0.6) is 17.2 Å². The molecule has 49 heavy (non-hydrogen) atoms. The van der Waals surface area contributed by atoms with Crippen molar-refractivity contribution < 1.29 is 71.1 Å². The zero-order chi connectivity index (χ0) is 35.3. The highest BCUT2D eigenvalue weighted by atomic mass is 79.9. The van der Waals surface area contributed by atoms with Gasteiger partial charge in [-0.3, -0.25) is 0 Å². The molecule has 0 fully saturated rings. The monoisotopic (exact) mass is 774 g/mol. The van der Waals surface area contributed by atoms with Gasteiger partial charge < -0.3 is 71.1 Å². The molecular weight excluding hydrogens is 716 g/mol. The molecule has 0 saturated carbocycles. The van der Waals surface area contributed by atoms with Crippen molar-refractivity contribution in [3.8, 4) is 17.2 Å². The summed E-state index contributed by atoms with van der Waals surface area (Å²) in [5.41, 5.74) is 0. The molecule has 15 nitrogen and oxygen atoms in total. The second kappa shape index (κ2) is 36.4. The Morgan fingerprint density at radius 3 is 0.816 bits per heavy atom. The third kappa shape index (κ3) is 29.0. The first-order valence-corrected chi connectivity index (χ1v) is 17.4. The largest absolute Gasteiger partial charge is 0.487 e. The van der Waals surface area contributed by atoms with Crippen LogP contribution in [0.1, 0.15) is 0 Å². The maximum Gasteiger partial charge on any atom is 0.203 e. The van der Waals surface area contributed by atoms with E-state index in [0.29, 0.717) is 169 Å². The minimum absolute atomic E-state index is 0.278. The van der Waals surface area contributed by atoms with Crippen molar-refractivity contribution in [2.45, 2.75) is 0 Å². The molecule has 0 bridgehead atoms. The summed E-state index contributed by atoms with van der Waals surface area (Å²) in [4.78, 5) is 0. The number of benzene rings is 1. The maximum absolute atomic E-state index is 6.09. The molecule has 16 heteroatoms. The first-order chi connectivity index (χ1) is 24.2. The van der Waals surface area contributed by atoms with Gasteiger partial charge in [0.1, 0.15) is 19.8 Å². The average Bonchev–Trinajstić information content (AvgIpc) is 3.10. The Morgan fingerprint density at radius 1 is 0.327 bits per heavy atom. The summed E-state index contributed by atoms with van der Waals surface area (Å²) >= 11 is 3.54. The molecule has 0 spiro atoms. The Kier molecular flexibility index (Phi) is 33.9. The number of rotatable bonds is 39. The fraction of sp³-hybridized carbons (Fsp3) is 0.818. The van der Waals surface area contributed by atoms with Gasteiger partial charge >= 0.3 is 0 Å². The van der Waals surface area contributed by atoms with Crippen LogP contribution in [0.4, 0.5) is 0 Å². The summed E-state index contributed by atoms with van der Waals surface area (Å²) in [6, 6.07) is 3.65. The Balaban J connectivity index is 2.44. The molecule has 0 saturated heterocycles. The number of hydrogen-bond acceptors (Lipinski definition) is 15. The molecule has 1 aromatic rings. The van der Waals surface area contributed by atoms with Crippen molar-refractivity contribution >= 4 is 15.9 Å². The summed E-state index contributed by atoms with van der Waals surface area (Å²) in [6.45, 7) is 11.0. The van der Waals surface area contributed by atoms with Crippen LogP contribution < -0.4 is 14.2 Å². The third-order valence-electron chi connectivity index (χ3n) is 5.96. The predicted octanol–water partition coefficient (Wildman–Crippen LogP) is 2.67. The molecule has 0 N–H and O–H groups in total. The van der Waals surface area contributed by atoms with Crippen LogP contribution in [-0.4, -0.2) is 180 Å². The van der Waals surface area contributed by atoms with E-state index < -0.39 is 0 Å². The number of ether oxygens (including phenoxy) is 15. The van der Waals surface area contributed by atoms with Crippen LogP contribution >= 0.6 is 15.9 Å². The van der Waals surface area contributed by atoms with Gasteiger partial charge in [0.25, 0.3) is 0 Å². The minimum atomic E-state index is 0.278. The molecule has 0 amide bonds. The van der Waals surface area contributed by atoms with E-state index >= 15 is 0 Å². The lowest BCUT2D eigenvalue weighted by atomic mass is 10.3. The Labute approximate surface area is 300 Å². The van der Waals surface area contributed by atoms with Crippen molar-refractivity contribution in [3.63, 3.8) is 0 Å². The molecule has 0 atom stereocenters. The standard InChI is InChI=1S/C33H59BrO15/c1-35-4-7-38-10-13-41-16-19-44-22-25-47-31-28-30(34)29-32(48-26-23-45-20-17-42-14-11-39-8-5-36-2)33(31)49-27-24-46-21-18-43-15-12-40-9-6-37-3/h28-29H,4-27H2,1-3H3. The van der Waals surface area contributed by atoms with Gasteiger partial charge in [0, 0.05) is 25.8 Å². The normalized spacial score (nSPS) is 11.3. The predicted molar refractivity (Wildman–Crippen MR) is 184 cm³/mol. The molecule has 0 aliphatic heterocycles. The molecule has 1 aromatic carbocycles. The van der Waals surface area contributed by atoms with Gasteiger partial charge in [-0.1, -0.05) is 15.9 Å². The van der Waals surface area contributed by atoms with Crippen molar-refractivity contribution in [1.82, 2.24) is 0 Å². The second-order valence-electron chi connectivity index (χ2n) is 9.77. The molecule has 0 aliphatic carbocycles. The molecule has 0 heterocycles. The van der Waals surface area contributed by atoms with Crippen LogP contribution in [0, 0.1) is 0 Å². The van der Waals surface area contributed by atoms with Gasteiger partial charge in [-0.25, -0.2) is 0 Å². The molecule has 0 aliphatic rings. The summed E-state index contributed by atoms with van der Waals surface area (Å²) in [5.74, 6) is 1.48. The van der Waals surface area contributed by atoms with Crippen LogP contribution in [0.2, 0.25) is 0 Å². The highest BCUT2D eigenvalue weighted by Gasteiger charge is 2.16. The van der Waals surface area contributed by atoms with Gasteiger partial charge in [-0.05, 0) is 12.1 Å². The molecule has 0 unspecified atom stereocenters. The molecule has 0 radical (unpaired) electrons. The summed E-state index contributed by atoms with van der Waals surface area (Å²) in [6.07, 6.45) is 0. The van der Waals surface area contributed by atoms with Crippen LogP contribution in [-0.2, 0) is 56.8 Å². The van der Waals surface area contributed by atoms with Crippen molar-refractivity contribution in [2.75, 3.05) is 180 Å². The molecular formula is C33H59BrO15. The van der Waals surface area contributed by atoms with Crippen LogP contribution in [0.15, 0.2) is 16.6 Å². The number of hydrogen-bond donors (Lipinski definition) is 0. The Hall–Kier alpha value is -1.38. The summed E-state index contributed by atoms with van der Waals surface area (Å²) in [5, 5.41) is 0. The van der Waals surface area contributed by atoms with E-state index in [1.165, 1.54) is 0 Å². The Morgan fingerprint density at radius 2 is 0.551 bits per heavy atom. The van der Waals surface area contributed by atoms with E-state index in [-0.39, 0.29) is 6.61 Å². The highest BCUT2D eigenvalue weighted by Crippen LogP contribution is 2.40. The summed E-state index contributed by atoms with van der Waals surface area (Å²) in [7, 11) is 4.91. The average molecular weight is 776 g/mol. The quantitative estimate of drug-likeness (QED) is 0.0906. The lowest BCUT2D eigenvalue weighted by Gasteiger charge is -2.18. The van der Waals surface area contributed by atoms with E-state index in [9.17, 15) is 0 Å². The zero-order valence-corrected chi connectivity index (χ0v) is 31.2. The maximum atomic E-state index is 6.09. The van der Waals surface area contributed by atoms with Gasteiger partial charge in [0.15, 0.2) is 11.5 Å². The number of methoxy groups -OCH3 is 3. The molecule has 0 aromatic heterocycles. The van der Waals surface area contributed by atoms with Crippen molar-refractivity contribution in [3.05, 3.63) is 16.6 Å². The fourth-order valence-electron chi connectivity index (χ4n) is 3.58. The topological polar surface area (TPSA) is 138 Å². The second-order valence-corrected chi connectivity index (χ2v) is 10.7. The smallest absolute Gasteiger partial charge is 0.203 e. The highest BCUT2D eigenvalue weighted by molar-refractivity contribution is 9.10. The molecule has 1 rings (SSSR count). The first kappa shape index (κ1) is 45.6.